The number of halogens is 2. The molecule has 0 radical (unpaired) electrons. The van der Waals surface area contributed by atoms with E-state index in [1.807, 2.05) is 25.1 Å². The lowest BCUT2D eigenvalue weighted by Crippen LogP contribution is -2.10. The highest BCUT2D eigenvalue weighted by molar-refractivity contribution is 8.33. The lowest BCUT2D eigenvalue weighted by Gasteiger charge is -2.36. The van der Waals surface area contributed by atoms with Crippen LogP contribution >= 0.6 is 33.2 Å². The molecule has 0 aliphatic carbocycles. The molecule has 9 heteroatoms. The molecule has 0 aliphatic heterocycles. The number of rotatable bonds is 10. The number of para-hydroxylation sites is 1. The summed E-state index contributed by atoms with van der Waals surface area (Å²) in [6.07, 6.45) is 2.32. The molecule has 0 saturated heterocycles. The molecular weight excluding hydrogens is 553 g/mol. The van der Waals surface area contributed by atoms with E-state index in [1.165, 1.54) is 9.79 Å². The van der Waals surface area contributed by atoms with Crippen molar-refractivity contribution < 1.29 is 14.6 Å². The molecule has 3 aromatic carbocycles. The Morgan fingerprint density at radius 3 is 2.26 bits per heavy atom. The Morgan fingerprint density at radius 1 is 1.05 bits per heavy atom. The van der Waals surface area contributed by atoms with E-state index < -0.39 is 16.0 Å². The molecule has 0 saturated carbocycles. The van der Waals surface area contributed by atoms with Crippen molar-refractivity contribution in [3.05, 3.63) is 93.2 Å². The molecule has 39 heavy (non-hydrogen) atoms. The third-order valence-electron chi connectivity index (χ3n) is 6.90. The van der Waals surface area contributed by atoms with Crippen molar-refractivity contribution in [2.75, 3.05) is 12.0 Å². The summed E-state index contributed by atoms with van der Waals surface area (Å²) < 4.78 is 8.02. The van der Waals surface area contributed by atoms with Crippen LogP contribution in [0.5, 0.6) is 5.75 Å². The summed E-state index contributed by atoms with van der Waals surface area (Å²) >= 11 is 13.0. The average molecular weight is 587 g/mol. The third kappa shape index (κ3) is 6.11. The fourth-order valence-electron chi connectivity index (χ4n) is 4.53. The topological polar surface area (TPSA) is 77.2 Å². The number of carboxylic acids is 1. The molecule has 6 nitrogen and oxygen atoms in total. The summed E-state index contributed by atoms with van der Waals surface area (Å²) in [4.78, 5) is 13.5. The van der Waals surface area contributed by atoms with E-state index in [2.05, 4.69) is 61.6 Å². The number of aliphatic carboxylic acids is 1. The van der Waals surface area contributed by atoms with Gasteiger partial charge < -0.3 is 9.84 Å². The highest BCUT2D eigenvalue weighted by Gasteiger charge is 2.24. The summed E-state index contributed by atoms with van der Waals surface area (Å²) in [6, 6.07) is 19.7. The molecule has 0 bridgehead atoms. The first-order chi connectivity index (χ1) is 18.5. The van der Waals surface area contributed by atoms with Gasteiger partial charge >= 0.3 is 5.97 Å². The molecule has 206 valence electrons. The van der Waals surface area contributed by atoms with Crippen LogP contribution in [-0.4, -0.2) is 38.1 Å². The zero-order chi connectivity index (χ0) is 28.3. The molecule has 0 spiro atoms. The second kappa shape index (κ2) is 12.0. The van der Waals surface area contributed by atoms with Gasteiger partial charge in [0.1, 0.15) is 23.7 Å². The Morgan fingerprint density at radius 2 is 1.69 bits per heavy atom. The van der Waals surface area contributed by atoms with Crippen molar-refractivity contribution in [3.63, 3.8) is 0 Å². The summed E-state index contributed by atoms with van der Waals surface area (Å²) in [5, 5.41) is 18.8. The number of ether oxygens (including phenoxy) is 1. The van der Waals surface area contributed by atoms with Gasteiger partial charge in [-0.1, -0.05) is 67.4 Å². The predicted octanol–water partition coefficient (Wildman–Crippen LogP) is 8.08. The molecule has 0 aliphatic rings. The van der Waals surface area contributed by atoms with E-state index >= 15 is 0 Å². The van der Waals surface area contributed by atoms with Gasteiger partial charge in [-0.15, -0.1) is 5.10 Å². The Kier molecular flexibility index (Phi) is 8.94. The lowest BCUT2D eigenvalue weighted by molar-refractivity contribution is -0.136. The summed E-state index contributed by atoms with van der Waals surface area (Å²) in [6.45, 7) is 8.63. The van der Waals surface area contributed by atoms with Gasteiger partial charge in [-0.3, -0.25) is 4.79 Å². The van der Waals surface area contributed by atoms with E-state index in [9.17, 15) is 4.79 Å². The van der Waals surface area contributed by atoms with Gasteiger partial charge in [0, 0.05) is 0 Å². The summed E-state index contributed by atoms with van der Waals surface area (Å²) in [5.41, 5.74) is 4.05. The maximum absolute atomic E-state index is 11.1. The molecule has 1 aromatic heterocycles. The van der Waals surface area contributed by atoms with Crippen LogP contribution in [0.3, 0.4) is 0 Å². The second-order valence-electron chi connectivity index (χ2n) is 9.86. The highest BCUT2D eigenvalue weighted by Crippen LogP contribution is 2.59. The predicted molar refractivity (Wildman–Crippen MR) is 159 cm³/mol. The zero-order valence-corrected chi connectivity index (χ0v) is 25.1. The van der Waals surface area contributed by atoms with Gasteiger partial charge in [-0.2, -0.15) is 10.0 Å². The molecule has 0 fully saturated rings. The smallest absolute Gasteiger partial charge is 0.307 e. The number of nitrogens with zero attached hydrogens (tertiary/aromatic N) is 3. The molecule has 1 heterocycles. The molecule has 0 amide bonds. The van der Waals surface area contributed by atoms with Crippen molar-refractivity contribution in [3.8, 4) is 11.4 Å². The van der Waals surface area contributed by atoms with Gasteiger partial charge in [0.05, 0.1) is 22.2 Å². The van der Waals surface area contributed by atoms with Crippen molar-refractivity contribution in [2.24, 2.45) is 0 Å². The molecule has 1 atom stereocenters. The minimum atomic E-state index is -1.30. The Bertz CT molecular complexity index is 1470. The monoisotopic (exact) mass is 585 g/mol. The Labute approximate surface area is 241 Å². The van der Waals surface area contributed by atoms with Crippen molar-refractivity contribution >= 4 is 39.2 Å². The van der Waals surface area contributed by atoms with Crippen molar-refractivity contribution in [2.45, 2.75) is 56.4 Å². The van der Waals surface area contributed by atoms with Crippen LogP contribution in [0.15, 0.2) is 70.5 Å². The normalized spacial score (nSPS) is 13.7. The van der Waals surface area contributed by atoms with Gasteiger partial charge in [-0.05, 0) is 88.2 Å². The van der Waals surface area contributed by atoms with E-state index in [-0.39, 0.29) is 18.9 Å². The number of hydrogen-bond donors (Lipinski definition) is 1. The Balaban J connectivity index is 1.62. The number of aryl methyl sites for hydroxylation is 1. The van der Waals surface area contributed by atoms with E-state index in [4.69, 9.17) is 33.0 Å². The average Bonchev–Trinajstić information content (AvgIpc) is 3.31. The summed E-state index contributed by atoms with van der Waals surface area (Å²) in [5.74, 6) is 1.05. The van der Waals surface area contributed by atoms with Crippen LogP contribution in [0.25, 0.3) is 5.69 Å². The van der Waals surface area contributed by atoms with Crippen LogP contribution in [0.1, 0.15) is 49.2 Å². The second-order valence-corrected chi connectivity index (χ2v) is 14.4. The number of benzene rings is 3. The van der Waals surface area contributed by atoms with Gasteiger partial charge in [0.25, 0.3) is 0 Å². The van der Waals surface area contributed by atoms with Crippen LogP contribution < -0.4 is 4.74 Å². The molecule has 4 aromatic rings. The molecule has 1 unspecified atom stereocenters. The highest BCUT2D eigenvalue weighted by atomic mass is 35.5. The van der Waals surface area contributed by atoms with Crippen LogP contribution in [-0.2, 0) is 17.8 Å². The fourth-order valence-corrected chi connectivity index (χ4v) is 7.57. The fraction of sp³-hybridized carbons (Fsp3) is 0.300. The Hall–Kier alpha value is -3.00. The maximum Gasteiger partial charge on any atom is 0.307 e. The van der Waals surface area contributed by atoms with Crippen molar-refractivity contribution in [1.82, 2.24) is 15.0 Å². The van der Waals surface area contributed by atoms with E-state index in [0.29, 0.717) is 15.7 Å². The zero-order valence-electron chi connectivity index (χ0n) is 22.7. The first-order valence-electron chi connectivity index (χ1n) is 12.7. The van der Waals surface area contributed by atoms with Gasteiger partial charge in [-0.25, -0.2) is 4.68 Å². The first-order valence-corrected chi connectivity index (χ1v) is 15.7. The van der Waals surface area contributed by atoms with Crippen LogP contribution in [0.2, 0.25) is 10.0 Å². The standard InChI is InChI=1S/C30H33Cl2N3O3S/c1-6-39(5,22-12-10-21(11-13-22)17-28(36)37)23-14-15-27(20(4)16-23)38-18-26-29(19(2)3)33-34-35(26)30-24(31)8-7-9-25(30)32/h7-16,19H,6,17-18H2,1-5H3,(H,36,37). The number of aromatic nitrogens is 3. The first kappa shape index (κ1) is 29.0. The minimum Gasteiger partial charge on any atom is -0.487 e. The molecular formula is C30H33Cl2N3O3S. The summed E-state index contributed by atoms with van der Waals surface area (Å²) in [7, 11) is -1.30. The molecule has 1 N–H and O–H groups in total. The van der Waals surface area contributed by atoms with Crippen LogP contribution in [0.4, 0.5) is 0 Å². The number of carbonyl (C=O) groups is 1. The van der Waals surface area contributed by atoms with E-state index in [0.717, 1.165) is 34.0 Å². The van der Waals surface area contributed by atoms with E-state index in [1.54, 1.807) is 22.9 Å². The third-order valence-corrected chi connectivity index (χ3v) is 11.3. The number of carboxylic acid groups (broad SMARTS) is 1. The lowest BCUT2D eigenvalue weighted by atomic mass is 10.1. The minimum absolute atomic E-state index is 0.0270. The maximum atomic E-state index is 11.1. The van der Waals surface area contributed by atoms with Gasteiger partial charge in [0.2, 0.25) is 0 Å². The quantitative estimate of drug-likeness (QED) is 0.203. The van der Waals surface area contributed by atoms with Crippen LogP contribution in [0, 0.1) is 6.92 Å². The molecule has 4 rings (SSSR count). The van der Waals surface area contributed by atoms with Crippen molar-refractivity contribution in [1.29, 1.82) is 0 Å². The SMILES string of the molecule is CCS(C)(c1ccc(CC(=O)O)cc1)c1ccc(OCc2c(C(C)C)nnn2-c2c(Cl)cccc2Cl)c(C)c1. The largest absolute Gasteiger partial charge is 0.487 e. The number of hydrogen-bond acceptors (Lipinski definition) is 4. The van der Waals surface area contributed by atoms with Gasteiger partial charge in [0.15, 0.2) is 0 Å².